The van der Waals surface area contributed by atoms with Crippen molar-refractivity contribution in [3.05, 3.63) is 108 Å². The largest absolute Gasteiger partial charge is 0.327 e. The molecule has 0 saturated carbocycles. The Kier molecular flexibility index (Phi) is 5.35. The van der Waals surface area contributed by atoms with Gasteiger partial charge < -0.3 is 9.13 Å². The summed E-state index contributed by atoms with van der Waals surface area (Å²) < 4.78 is 4.45. The van der Waals surface area contributed by atoms with Crippen LogP contribution in [0, 0.1) is 11.3 Å². The van der Waals surface area contributed by atoms with E-state index < -0.39 is 0 Å². The summed E-state index contributed by atoms with van der Waals surface area (Å²) in [6.07, 6.45) is 0.851. The quantitative estimate of drug-likeness (QED) is 0.282. The molecule has 2 aromatic heterocycles. The first-order valence-corrected chi connectivity index (χ1v) is 12.2. The molecular weight excluding hydrogens is 442 g/mol. The molecule has 5 heteroatoms. The van der Waals surface area contributed by atoms with Crippen LogP contribution >= 0.6 is 0 Å². The molecule has 0 amide bonds. The van der Waals surface area contributed by atoms with Crippen LogP contribution in [0.25, 0.3) is 44.6 Å². The van der Waals surface area contributed by atoms with Crippen molar-refractivity contribution in [1.82, 2.24) is 19.1 Å². The van der Waals surface area contributed by atoms with Gasteiger partial charge in [-0.05, 0) is 53.1 Å². The summed E-state index contributed by atoms with van der Waals surface area (Å²) >= 11 is 0. The van der Waals surface area contributed by atoms with Gasteiger partial charge in [0.2, 0.25) is 0 Å². The molecule has 0 unspecified atom stereocenters. The zero-order valence-electron chi connectivity index (χ0n) is 20.3. The van der Waals surface area contributed by atoms with E-state index in [-0.39, 0.29) is 0 Å². The molecule has 0 fully saturated rings. The highest BCUT2D eigenvalue weighted by atomic mass is 15.1. The number of rotatable bonds is 5. The third-order valence-corrected chi connectivity index (χ3v) is 6.84. The van der Waals surface area contributed by atoms with Crippen molar-refractivity contribution >= 4 is 22.1 Å². The van der Waals surface area contributed by atoms with Crippen LogP contribution < -0.4 is 0 Å². The minimum absolute atomic E-state index is 0.689. The Morgan fingerprint density at radius 2 is 1.50 bits per heavy atom. The summed E-state index contributed by atoms with van der Waals surface area (Å²) in [6.45, 7) is 2.87. The number of imidazole rings is 2. The van der Waals surface area contributed by atoms with Gasteiger partial charge in [-0.2, -0.15) is 5.26 Å². The summed E-state index contributed by atoms with van der Waals surface area (Å²) in [5.41, 5.74) is 9.18. The zero-order chi connectivity index (χ0) is 24.6. The number of benzene rings is 4. The fourth-order valence-corrected chi connectivity index (χ4v) is 4.97. The predicted molar refractivity (Wildman–Crippen MR) is 145 cm³/mol. The summed E-state index contributed by atoms with van der Waals surface area (Å²) in [6, 6.07) is 33.1. The van der Waals surface area contributed by atoms with Crippen LogP contribution in [0.5, 0.6) is 0 Å². The summed E-state index contributed by atoms with van der Waals surface area (Å²) in [4.78, 5) is 9.81. The van der Waals surface area contributed by atoms with Crippen LogP contribution in [0.15, 0.2) is 91.0 Å². The summed E-state index contributed by atoms with van der Waals surface area (Å²) in [5.74, 6) is 2.01. The Labute approximate surface area is 209 Å². The molecular formula is C31H25N5. The molecule has 5 nitrogen and oxygen atoms in total. The fraction of sp³-hybridized carbons (Fsp3) is 0.129. The van der Waals surface area contributed by atoms with E-state index in [4.69, 9.17) is 9.97 Å². The van der Waals surface area contributed by atoms with E-state index in [9.17, 15) is 5.26 Å². The number of nitriles is 1. The minimum atomic E-state index is 0.689. The van der Waals surface area contributed by atoms with Crippen molar-refractivity contribution in [3.8, 4) is 28.6 Å². The third kappa shape index (κ3) is 3.64. The average Bonchev–Trinajstić information content (AvgIpc) is 3.46. The Morgan fingerprint density at radius 3 is 2.28 bits per heavy atom. The number of aromatic nitrogens is 4. The molecule has 0 N–H and O–H groups in total. The smallest absolute Gasteiger partial charge is 0.140 e. The molecule has 36 heavy (non-hydrogen) atoms. The normalized spacial score (nSPS) is 11.2. The van der Waals surface area contributed by atoms with Gasteiger partial charge in [0.1, 0.15) is 11.6 Å². The van der Waals surface area contributed by atoms with Crippen LogP contribution in [-0.4, -0.2) is 19.1 Å². The number of nitrogens with zero attached hydrogens (tertiary/aromatic N) is 5. The lowest BCUT2D eigenvalue weighted by Crippen LogP contribution is -2.04. The first-order chi connectivity index (χ1) is 17.7. The molecule has 0 aliphatic rings. The molecule has 0 atom stereocenters. The van der Waals surface area contributed by atoms with Gasteiger partial charge >= 0.3 is 0 Å². The van der Waals surface area contributed by atoms with Crippen LogP contribution in [0.4, 0.5) is 0 Å². The highest BCUT2D eigenvalue weighted by molar-refractivity contribution is 5.85. The molecule has 0 aliphatic carbocycles. The number of para-hydroxylation sites is 2. The number of hydrogen-bond acceptors (Lipinski definition) is 3. The van der Waals surface area contributed by atoms with Crippen molar-refractivity contribution in [1.29, 1.82) is 5.26 Å². The lowest BCUT2D eigenvalue weighted by Gasteiger charge is -2.11. The summed E-state index contributed by atoms with van der Waals surface area (Å²) in [7, 11) is 2.07. The minimum Gasteiger partial charge on any atom is -0.327 e. The van der Waals surface area contributed by atoms with Crippen LogP contribution in [0.2, 0.25) is 0 Å². The van der Waals surface area contributed by atoms with E-state index in [0.29, 0.717) is 5.56 Å². The maximum Gasteiger partial charge on any atom is 0.140 e. The van der Waals surface area contributed by atoms with Gasteiger partial charge in [0.05, 0.1) is 33.7 Å². The summed E-state index contributed by atoms with van der Waals surface area (Å²) in [5, 5.41) is 9.46. The van der Waals surface area contributed by atoms with E-state index in [0.717, 1.165) is 63.4 Å². The Hall–Kier alpha value is -4.69. The average molecular weight is 468 g/mol. The van der Waals surface area contributed by atoms with Gasteiger partial charge in [-0.25, -0.2) is 9.97 Å². The van der Waals surface area contributed by atoms with Gasteiger partial charge in [0, 0.05) is 25.6 Å². The maximum atomic E-state index is 9.46. The van der Waals surface area contributed by atoms with Crippen LogP contribution in [0.3, 0.4) is 0 Å². The molecule has 0 bridgehead atoms. The molecule has 0 aliphatic heterocycles. The van der Waals surface area contributed by atoms with E-state index in [1.54, 1.807) is 0 Å². The molecule has 0 saturated heterocycles. The lowest BCUT2D eigenvalue weighted by molar-refractivity contribution is 0.753. The first kappa shape index (κ1) is 21.8. The van der Waals surface area contributed by atoms with Gasteiger partial charge in [-0.15, -0.1) is 0 Å². The van der Waals surface area contributed by atoms with E-state index >= 15 is 0 Å². The lowest BCUT2D eigenvalue weighted by atomic mass is 9.99. The van der Waals surface area contributed by atoms with Crippen LogP contribution in [-0.2, 0) is 20.0 Å². The monoisotopic (exact) mass is 467 g/mol. The second kappa shape index (κ2) is 8.83. The van der Waals surface area contributed by atoms with Crippen LogP contribution in [0.1, 0.15) is 23.9 Å². The Balaban J connectivity index is 1.39. The zero-order valence-corrected chi connectivity index (χ0v) is 20.3. The SMILES string of the molecule is CCc1nc2ccc(-c3nc4ccccc4n3C)cc2n1Cc1ccc(-c2ccccc2C#N)cc1. The van der Waals surface area contributed by atoms with Gasteiger partial charge in [-0.1, -0.05) is 61.5 Å². The highest BCUT2D eigenvalue weighted by Crippen LogP contribution is 2.29. The predicted octanol–water partition coefficient (Wildman–Crippen LogP) is 6.74. The molecule has 6 aromatic rings. The van der Waals surface area contributed by atoms with Gasteiger partial charge in [0.25, 0.3) is 0 Å². The second-order valence-electron chi connectivity index (χ2n) is 9.01. The number of aryl methyl sites for hydroxylation is 2. The van der Waals surface area contributed by atoms with Crippen molar-refractivity contribution in [2.75, 3.05) is 0 Å². The third-order valence-electron chi connectivity index (χ3n) is 6.84. The standard InChI is InChI=1S/C31H25N5/c1-3-30-33-27-17-16-23(31-34-26-10-6-7-11-28(26)35(31)2)18-29(27)36(30)20-21-12-14-22(15-13-21)25-9-5-4-8-24(25)19-32/h4-18H,3,20H2,1-2H3. The molecule has 174 valence electrons. The molecule has 0 spiro atoms. The van der Waals surface area contributed by atoms with Gasteiger partial charge in [-0.3, -0.25) is 0 Å². The molecule has 2 heterocycles. The van der Waals surface area contributed by atoms with Crippen molar-refractivity contribution in [2.45, 2.75) is 19.9 Å². The van der Waals surface area contributed by atoms with E-state index in [2.05, 4.69) is 83.8 Å². The van der Waals surface area contributed by atoms with E-state index in [1.807, 2.05) is 36.4 Å². The molecule has 0 radical (unpaired) electrons. The number of fused-ring (bicyclic) bond motifs is 2. The highest BCUT2D eigenvalue weighted by Gasteiger charge is 2.15. The Bertz CT molecular complexity index is 1760. The van der Waals surface area contributed by atoms with Crippen molar-refractivity contribution in [2.24, 2.45) is 7.05 Å². The van der Waals surface area contributed by atoms with Crippen molar-refractivity contribution in [3.63, 3.8) is 0 Å². The number of hydrogen-bond donors (Lipinski definition) is 0. The van der Waals surface area contributed by atoms with Gasteiger partial charge in [0.15, 0.2) is 0 Å². The fourth-order valence-electron chi connectivity index (χ4n) is 4.97. The second-order valence-corrected chi connectivity index (χ2v) is 9.01. The molecule has 4 aromatic carbocycles. The Morgan fingerprint density at radius 1 is 0.778 bits per heavy atom. The maximum absolute atomic E-state index is 9.46. The van der Waals surface area contributed by atoms with Crippen molar-refractivity contribution < 1.29 is 0 Å². The van der Waals surface area contributed by atoms with E-state index in [1.165, 1.54) is 5.56 Å². The molecule has 6 rings (SSSR count). The topological polar surface area (TPSA) is 59.4 Å². The first-order valence-electron chi connectivity index (χ1n) is 12.2.